The van der Waals surface area contributed by atoms with Crippen LogP contribution in [0.25, 0.3) is 0 Å². The van der Waals surface area contributed by atoms with Crippen LogP contribution in [0.15, 0.2) is 57.2 Å². The zero-order chi connectivity index (χ0) is 14.4. The van der Waals surface area contributed by atoms with Crippen molar-refractivity contribution >= 4 is 23.5 Å². The van der Waals surface area contributed by atoms with Crippen molar-refractivity contribution in [1.29, 1.82) is 5.26 Å². The molecule has 0 fully saturated rings. The molecule has 2 aromatic carbocycles. The van der Waals surface area contributed by atoms with E-state index in [1.54, 1.807) is 30.6 Å². The molecule has 0 aromatic heterocycles. The van der Waals surface area contributed by atoms with Gasteiger partial charge in [0.05, 0.1) is 19.6 Å². The van der Waals surface area contributed by atoms with E-state index in [1.807, 2.05) is 18.2 Å². The Morgan fingerprint density at radius 1 is 1.10 bits per heavy atom. The van der Waals surface area contributed by atoms with E-state index in [1.165, 1.54) is 9.79 Å². The van der Waals surface area contributed by atoms with Gasteiger partial charge in [-0.3, -0.25) is 0 Å². The number of nitriles is 1. The molecule has 2 nitrogen and oxygen atoms in total. The lowest BCUT2D eigenvalue weighted by molar-refractivity contribution is 0.414. The Labute approximate surface area is 128 Å². The minimum atomic E-state index is 0.391. The van der Waals surface area contributed by atoms with E-state index in [9.17, 15) is 0 Å². The van der Waals surface area contributed by atoms with E-state index in [2.05, 4.69) is 36.6 Å². The number of hydrogen-bond acceptors (Lipinski definition) is 4. The van der Waals surface area contributed by atoms with Gasteiger partial charge in [0.1, 0.15) is 5.75 Å². The SMILES string of the molecule is COc1ccc(Sc2ccc(SC)cc2)c(CC#N)c1. The average molecular weight is 301 g/mol. The van der Waals surface area contributed by atoms with Gasteiger partial charge < -0.3 is 4.74 Å². The standard InChI is InChI=1S/C16H15NOS2/c1-18-13-3-8-16(12(11-13)9-10-17)20-15-6-4-14(19-2)5-7-15/h3-8,11H,9H2,1-2H3. The third-order valence-electron chi connectivity index (χ3n) is 2.82. The molecule has 0 aliphatic rings. The Hall–Kier alpha value is -1.57. The summed E-state index contributed by atoms with van der Waals surface area (Å²) < 4.78 is 5.22. The smallest absolute Gasteiger partial charge is 0.119 e. The molecule has 0 saturated carbocycles. The summed E-state index contributed by atoms with van der Waals surface area (Å²) in [6.07, 6.45) is 2.46. The number of methoxy groups -OCH3 is 1. The van der Waals surface area contributed by atoms with Gasteiger partial charge in [0.25, 0.3) is 0 Å². The van der Waals surface area contributed by atoms with E-state index in [0.717, 1.165) is 16.2 Å². The van der Waals surface area contributed by atoms with Crippen LogP contribution in [-0.2, 0) is 6.42 Å². The number of ether oxygens (including phenoxy) is 1. The Morgan fingerprint density at radius 2 is 1.80 bits per heavy atom. The lowest BCUT2D eigenvalue weighted by Crippen LogP contribution is -1.90. The summed E-state index contributed by atoms with van der Waals surface area (Å²) in [7, 11) is 1.64. The van der Waals surface area contributed by atoms with Crippen LogP contribution in [0.5, 0.6) is 5.75 Å². The number of benzene rings is 2. The highest BCUT2D eigenvalue weighted by Gasteiger charge is 2.06. The summed E-state index contributed by atoms with van der Waals surface area (Å²) in [6, 6.07) is 16.5. The second-order valence-electron chi connectivity index (χ2n) is 4.09. The number of rotatable bonds is 5. The fraction of sp³-hybridized carbons (Fsp3) is 0.188. The lowest BCUT2D eigenvalue weighted by atomic mass is 10.1. The molecular formula is C16H15NOS2. The molecule has 0 atom stereocenters. The first kappa shape index (κ1) is 14.8. The molecule has 2 rings (SSSR count). The van der Waals surface area contributed by atoms with Gasteiger partial charge in [-0.05, 0) is 54.3 Å². The zero-order valence-corrected chi connectivity index (χ0v) is 13.1. The fourth-order valence-corrected chi connectivity index (χ4v) is 3.11. The third-order valence-corrected chi connectivity index (χ3v) is 4.69. The molecule has 0 aliphatic heterocycles. The Morgan fingerprint density at radius 3 is 2.40 bits per heavy atom. The first-order chi connectivity index (χ1) is 9.76. The van der Waals surface area contributed by atoms with Crippen LogP contribution in [0.2, 0.25) is 0 Å². The maximum atomic E-state index is 8.94. The summed E-state index contributed by atoms with van der Waals surface area (Å²) in [4.78, 5) is 3.53. The van der Waals surface area contributed by atoms with Crippen molar-refractivity contribution in [2.24, 2.45) is 0 Å². The molecule has 0 spiro atoms. The number of thioether (sulfide) groups is 1. The van der Waals surface area contributed by atoms with Gasteiger partial charge in [-0.2, -0.15) is 5.26 Å². The van der Waals surface area contributed by atoms with Crippen LogP contribution in [0.3, 0.4) is 0 Å². The Bertz CT molecular complexity index is 617. The normalized spacial score (nSPS) is 10.1. The van der Waals surface area contributed by atoms with Crippen molar-refractivity contribution in [3.63, 3.8) is 0 Å². The molecule has 2 aromatic rings. The summed E-state index contributed by atoms with van der Waals surface area (Å²) in [5, 5.41) is 8.94. The Balaban J connectivity index is 2.25. The van der Waals surface area contributed by atoms with Gasteiger partial charge in [0.15, 0.2) is 0 Å². The van der Waals surface area contributed by atoms with Crippen molar-refractivity contribution in [1.82, 2.24) is 0 Å². The molecule has 0 unspecified atom stereocenters. The molecule has 20 heavy (non-hydrogen) atoms. The second kappa shape index (κ2) is 7.28. The molecule has 0 heterocycles. The van der Waals surface area contributed by atoms with Crippen LogP contribution >= 0.6 is 23.5 Å². The van der Waals surface area contributed by atoms with Crippen molar-refractivity contribution in [2.45, 2.75) is 21.1 Å². The topological polar surface area (TPSA) is 33.0 Å². The van der Waals surface area contributed by atoms with Gasteiger partial charge in [-0.25, -0.2) is 0 Å². The molecule has 4 heteroatoms. The molecule has 0 aliphatic carbocycles. The molecule has 0 N–H and O–H groups in total. The van der Waals surface area contributed by atoms with Crippen molar-refractivity contribution < 1.29 is 4.74 Å². The van der Waals surface area contributed by atoms with Gasteiger partial charge in [-0.1, -0.05) is 11.8 Å². The zero-order valence-electron chi connectivity index (χ0n) is 11.4. The number of hydrogen-bond donors (Lipinski definition) is 0. The second-order valence-corrected chi connectivity index (χ2v) is 6.08. The third kappa shape index (κ3) is 3.72. The van der Waals surface area contributed by atoms with E-state index in [0.29, 0.717) is 6.42 Å². The van der Waals surface area contributed by atoms with Crippen molar-refractivity contribution in [3.05, 3.63) is 48.0 Å². The van der Waals surface area contributed by atoms with Crippen molar-refractivity contribution in [3.8, 4) is 11.8 Å². The van der Waals surface area contributed by atoms with E-state index in [4.69, 9.17) is 10.00 Å². The minimum Gasteiger partial charge on any atom is -0.497 e. The summed E-state index contributed by atoms with van der Waals surface area (Å²) in [6.45, 7) is 0. The Kier molecular flexibility index (Phi) is 5.40. The summed E-state index contributed by atoms with van der Waals surface area (Å²) >= 11 is 3.41. The van der Waals surface area contributed by atoms with Gasteiger partial charge >= 0.3 is 0 Å². The highest BCUT2D eigenvalue weighted by Crippen LogP contribution is 2.33. The monoisotopic (exact) mass is 301 g/mol. The maximum Gasteiger partial charge on any atom is 0.119 e. The summed E-state index contributed by atoms with van der Waals surface area (Å²) in [5.74, 6) is 0.789. The van der Waals surface area contributed by atoms with E-state index in [-0.39, 0.29) is 0 Å². The molecular weight excluding hydrogens is 286 g/mol. The highest BCUT2D eigenvalue weighted by molar-refractivity contribution is 7.99. The fourth-order valence-electron chi connectivity index (χ4n) is 1.78. The maximum absolute atomic E-state index is 8.94. The molecule has 0 radical (unpaired) electrons. The van der Waals surface area contributed by atoms with E-state index >= 15 is 0 Å². The van der Waals surface area contributed by atoms with Crippen LogP contribution in [0.1, 0.15) is 5.56 Å². The molecule has 0 bridgehead atoms. The van der Waals surface area contributed by atoms with Gasteiger partial charge in [0, 0.05) is 14.7 Å². The van der Waals surface area contributed by atoms with Crippen LogP contribution in [0.4, 0.5) is 0 Å². The molecule has 102 valence electrons. The van der Waals surface area contributed by atoms with Gasteiger partial charge in [0.2, 0.25) is 0 Å². The van der Waals surface area contributed by atoms with Gasteiger partial charge in [-0.15, -0.1) is 11.8 Å². The summed E-state index contributed by atoms with van der Waals surface area (Å²) in [5.41, 5.74) is 1.01. The molecule has 0 amide bonds. The predicted octanol–water partition coefficient (Wildman–Crippen LogP) is 4.63. The van der Waals surface area contributed by atoms with E-state index < -0.39 is 0 Å². The average Bonchev–Trinajstić information content (AvgIpc) is 2.50. The van der Waals surface area contributed by atoms with Crippen LogP contribution < -0.4 is 4.74 Å². The predicted molar refractivity (Wildman–Crippen MR) is 84.7 cm³/mol. The van der Waals surface area contributed by atoms with Crippen LogP contribution in [-0.4, -0.2) is 13.4 Å². The quantitative estimate of drug-likeness (QED) is 0.754. The first-order valence-corrected chi connectivity index (χ1v) is 8.16. The first-order valence-electron chi connectivity index (χ1n) is 6.12. The molecule has 0 saturated heterocycles. The van der Waals surface area contributed by atoms with Crippen molar-refractivity contribution in [2.75, 3.05) is 13.4 Å². The largest absolute Gasteiger partial charge is 0.497 e. The number of nitrogens with zero attached hydrogens (tertiary/aromatic N) is 1. The van der Waals surface area contributed by atoms with Crippen LogP contribution in [0, 0.1) is 11.3 Å². The minimum absolute atomic E-state index is 0.391. The highest BCUT2D eigenvalue weighted by atomic mass is 32.2. The lowest BCUT2D eigenvalue weighted by Gasteiger charge is -2.09.